The second-order valence-electron chi connectivity index (χ2n) is 10.4. The van der Waals surface area contributed by atoms with E-state index in [1.165, 1.54) is 43.4 Å². The molecule has 4 rings (SSSR count). The smallest absolute Gasteiger partial charge is 0.361 e. The number of benzene rings is 2. The maximum atomic E-state index is 14.4. The van der Waals surface area contributed by atoms with Gasteiger partial charge in [-0.15, -0.1) is 0 Å². The molecule has 17 heteroatoms. The molecule has 0 spiro atoms. The fraction of sp³-hybridized carbons (Fsp3) is 0.448. The van der Waals surface area contributed by atoms with E-state index in [0.717, 1.165) is 11.0 Å². The molecule has 14 nitrogen and oxygen atoms in total. The Hall–Kier alpha value is -3.91. The predicted molar refractivity (Wildman–Crippen MR) is 163 cm³/mol. The Balaban J connectivity index is 1.35. The van der Waals surface area contributed by atoms with Crippen LogP contribution < -0.4 is 25.4 Å². The lowest BCUT2D eigenvalue weighted by molar-refractivity contribution is -0.139. The normalized spacial score (nSPS) is 18.5. The first kappa shape index (κ1) is 35.0. The molecule has 0 radical (unpaired) electrons. The van der Waals surface area contributed by atoms with Crippen molar-refractivity contribution >= 4 is 48.4 Å². The number of aliphatic carboxylic acids is 1. The predicted octanol–water partition coefficient (Wildman–Crippen LogP) is 3.92. The fourth-order valence-corrected chi connectivity index (χ4v) is 7.16. The van der Waals surface area contributed by atoms with Crippen LogP contribution in [0.1, 0.15) is 48.7 Å². The van der Waals surface area contributed by atoms with Gasteiger partial charge in [0.15, 0.2) is 23.4 Å². The summed E-state index contributed by atoms with van der Waals surface area (Å²) in [5, 5.41) is 15.1. The molecule has 1 heterocycles. The third-order valence-electron chi connectivity index (χ3n) is 7.61. The average molecular weight is 685 g/mol. The van der Waals surface area contributed by atoms with Crippen molar-refractivity contribution in [3.8, 4) is 11.5 Å². The first-order valence-corrected chi connectivity index (χ1v) is 16.3. The monoisotopic (exact) mass is 684 g/mol. The summed E-state index contributed by atoms with van der Waals surface area (Å²) >= 11 is 6.26. The Kier molecular flexibility index (Phi) is 11.1. The minimum absolute atomic E-state index is 0.0237. The number of carboxylic acid groups (broad SMARTS) is 1. The number of methoxy groups -OCH3 is 2. The van der Waals surface area contributed by atoms with Crippen molar-refractivity contribution in [1.29, 1.82) is 0 Å². The molecule has 3 N–H and O–H groups in total. The van der Waals surface area contributed by atoms with Crippen molar-refractivity contribution in [2.45, 2.75) is 44.8 Å². The lowest BCUT2D eigenvalue weighted by Gasteiger charge is -2.41. The first-order chi connectivity index (χ1) is 21.9. The molecule has 46 heavy (non-hydrogen) atoms. The Morgan fingerprint density at radius 1 is 1.07 bits per heavy atom. The topological polar surface area (TPSA) is 173 Å². The quantitative estimate of drug-likeness (QED) is 0.263. The van der Waals surface area contributed by atoms with E-state index in [1.807, 2.05) is 0 Å². The molecule has 2 aromatic carbocycles. The van der Waals surface area contributed by atoms with Gasteiger partial charge < -0.3 is 39.2 Å². The number of urea groups is 2. The lowest BCUT2D eigenvalue weighted by Crippen LogP contribution is -2.55. The molecule has 1 atom stereocenters. The number of rotatable bonds is 13. The number of amides is 5. The number of ether oxygens (including phenoxy) is 2. The molecule has 1 saturated carbocycles. The van der Waals surface area contributed by atoms with E-state index in [4.69, 9.17) is 30.1 Å². The van der Waals surface area contributed by atoms with E-state index in [-0.39, 0.29) is 71.3 Å². The van der Waals surface area contributed by atoms with Gasteiger partial charge in [-0.05, 0) is 50.5 Å². The summed E-state index contributed by atoms with van der Waals surface area (Å²) in [5.74, 6) is -3.16. The van der Waals surface area contributed by atoms with Crippen LogP contribution in [-0.4, -0.2) is 91.5 Å². The van der Waals surface area contributed by atoms with Crippen LogP contribution in [0.3, 0.4) is 0 Å². The maximum absolute atomic E-state index is 14.4. The van der Waals surface area contributed by atoms with Gasteiger partial charge in [0.1, 0.15) is 0 Å². The number of hydrogen-bond acceptors (Lipinski definition) is 9. The van der Waals surface area contributed by atoms with Crippen molar-refractivity contribution in [1.82, 2.24) is 20.4 Å². The Morgan fingerprint density at radius 2 is 1.67 bits per heavy atom. The van der Waals surface area contributed by atoms with E-state index in [0.29, 0.717) is 12.8 Å². The molecule has 1 aliphatic carbocycles. The van der Waals surface area contributed by atoms with Crippen LogP contribution in [0, 0.1) is 5.82 Å². The van der Waals surface area contributed by atoms with Gasteiger partial charge in [-0.1, -0.05) is 23.7 Å². The van der Waals surface area contributed by atoms with Crippen LogP contribution in [0.25, 0.3) is 0 Å². The molecule has 0 bridgehead atoms. The second-order valence-corrected chi connectivity index (χ2v) is 12.8. The van der Waals surface area contributed by atoms with Gasteiger partial charge in [0.2, 0.25) is 0 Å². The molecular weight excluding hydrogens is 650 g/mol. The fourth-order valence-electron chi connectivity index (χ4n) is 5.29. The number of hydrogen-bond donors (Lipinski definition) is 3. The number of carboxylic acids is 1. The van der Waals surface area contributed by atoms with Crippen LogP contribution >= 0.6 is 19.2 Å². The molecule has 5 amide bonds. The van der Waals surface area contributed by atoms with Crippen molar-refractivity contribution in [2.75, 3.05) is 40.5 Å². The largest absolute Gasteiger partial charge is 0.491 e. The van der Waals surface area contributed by atoms with Gasteiger partial charge in [-0.3, -0.25) is 9.36 Å². The second kappa shape index (κ2) is 14.7. The van der Waals surface area contributed by atoms with Gasteiger partial charge in [-0.2, -0.15) is 0 Å². The summed E-state index contributed by atoms with van der Waals surface area (Å²) in [6.45, 7) is 3.84. The van der Waals surface area contributed by atoms with Crippen molar-refractivity contribution in [3.05, 3.63) is 52.3 Å². The molecule has 250 valence electrons. The van der Waals surface area contributed by atoms with Gasteiger partial charge in [0.25, 0.3) is 5.91 Å². The minimum Gasteiger partial charge on any atom is -0.491 e. The number of carbonyl (C=O) groups excluding carboxylic acids is 3. The number of nitrogens with zero attached hydrogens (tertiary/aromatic N) is 2. The van der Waals surface area contributed by atoms with Crippen molar-refractivity contribution < 1.29 is 51.8 Å². The summed E-state index contributed by atoms with van der Waals surface area (Å²) in [7, 11) is -1.09. The van der Waals surface area contributed by atoms with E-state index >= 15 is 0 Å². The third-order valence-corrected chi connectivity index (χ3v) is 10.1. The zero-order valence-electron chi connectivity index (χ0n) is 25.6. The van der Waals surface area contributed by atoms with Crippen LogP contribution in [0.2, 0.25) is 5.02 Å². The summed E-state index contributed by atoms with van der Waals surface area (Å²) in [5.41, 5.74) is 0.0419. The van der Waals surface area contributed by atoms with Crippen LogP contribution in [0.15, 0.2) is 30.3 Å². The number of nitrogens with one attached hydrogen (secondary N) is 2. The molecule has 0 aromatic heterocycles. The molecule has 2 fully saturated rings. The molecule has 1 aliphatic heterocycles. The van der Waals surface area contributed by atoms with Crippen molar-refractivity contribution in [3.63, 3.8) is 0 Å². The Morgan fingerprint density at radius 3 is 2.22 bits per heavy atom. The summed E-state index contributed by atoms with van der Waals surface area (Å²) in [4.78, 5) is 53.5. The first-order valence-electron chi connectivity index (χ1n) is 14.4. The summed E-state index contributed by atoms with van der Waals surface area (Å²) in [6, 6.07) is 2.92. The molecule has 0 unspecified atom stereocenters. The van der Waals surface area contributed by atoms with E-state index in [1.54, 1.807) is 13.8 Å². The SMILES string of the molecule is CCOP(=O)(OCC)c1ccc([C@@H](NC(=O)N2CCN(C3CC(NC(=O)c4cc(F)c(OC)c(OC)c4Cl)C3)C2=O)C(=O)O)cc1. The van der Waals surface area contributed by atoms with Crippen molar-refractivity contribution in [2.24, 2.45) is 0 Å². The highest BCUT2D eigenvalue weighted by Gasteiger charge is 2.44. The summed E-state index contributed by atoms with van der Waals surface area (Å²) in [6.07, 6.45) is 0.746. The number of imide groups is 1. The maximum Gasteiger partial charge on any atom is 0.361 e. The van der Waals surface area contributed by atoms with E-state index < -0.39 is 43.4 Å². The molecule has 1 saturated heterocycles. The molecule has 2 aliphatic rings. The Labute approximate surface area is 269 Å². The zero-order chi connectivity index (χ0) is 33.8. The average Bonchev–Trinajstić information content (AvgIpc) is 3.38. The minimum atomic E-state index is -3.60. The lowest BCUT2D eigenvalue weighted by atomic mass is 9.85. The standard InChI is InChI=1S/C29H35ClFN4O10P/c1-5-44-46(41,45-6-2)19-9-7-16(8-10-19)23(27(37)38)33-28(39)35-12-11-34(29(35)40)18-13-17(14-18)32-26(36)20-15-21(31)24(42-3)25(43-4)22(20)30/h7-10,15,17-18,23H,5-6,11-14H2,1-4H3,(H,32,36)(H,33,39)(H,37,38)/t17?,18?,23-/m1/s1. The summed E-state index contributed by atoms with van der Waals surface area (Å²) < 4.78 is 48.1. The Bertz CT molecular complexity index is 1530. The van der Waals surface area contributed by atoms with Crippen LogP contribution in [-0.2, 0) is 18.4 Å². The van der Waals surface area contributed by atoms with E-state index in [9.17, 15) is 33.2 Å². The van der Waals surface area contributed by atoms with Crippen LogP contribution in [0.5, 0.6) is 11.5 Å². The van der Waals surface area contributed by atoms with Gasteiger partial charge in [0.05, 0.1) is 43.3 Å². The van der Waals surface area contributed by atoms with Gasteiger partial charge in [-0.25, -0.2) is 23.7 Å². The highest BCUT2D eigenvalue weighted by Crippen LogP contribution is 2.47. The number of halogens is 2. The number of carbonyl (C=O) groups is 4. The third kappa shape index (κ3) is 7.07. The van der Waals surface area contributed by atoms with E-state index in [2.05, 4.69) is 10.6 Å². The molecular formula is C29H35ClFN4O10P. The van der Waals surface area contributed by atoms with Gasteiger partial charge >= 0.3 is 25.6 Å². The van der Waals surface area contributed by atoms with Crippen LogP contribution in [0.4, 0.5) is 14.0 Å². The molecule has 2 aromatic rings. The van der Waals surface area contributed by atoms with Gasteiger partial charge in [0, 0.05) is 25.2 Å². The highest BCUT2D eigenvalue weighted by molar-refractivity contribution is 7.62. The zero-order valence-corrected chi connectivity index (χ0v) is 27.2. The highest BCUT2D eigenvalue weighted by atomic mass is 35.5.